The van der Waals surface area contributed by atoms with Crippen LogP contribution in [0.5, 0.6) is 11.5 Å². The number of nitriles is 1. The molecule has 180 valence electrons. The van der Waals surface area contributed by atoms with Crippen molar-refractivity contribution in [1.29, 1.82) is 5.26 Å². The zero-order valence-corrected chi connectivity index (χ0v) is 20.1. The summed E-state index contributed by atoms with van der Waals surface area (Å²) in [6.45, 7) is 1.77. The van der Waals surface area contributed by atoms with E-state index in [2.05, 4.69) is 6.07 Å². The highest BCUT2D eigenvalue weighted by Crippen LogP contribution is 2.43. The molecule has 0 aromatic heterocycles. The number of carbonyl (C=O) groups is 1. The summed E-state index contributed by atoms with van der Waals surface area (Å²) in [5.74, 6) is -0.184. The molecule has 1 aliphatic rings. The molecule has 0 amide bonds. The smallest absolute Gasteiger partial charge is 0.303 e. The SMILES string of the molecule is COc1cccc(C#N)c1-c1ccc2c(c1)N(S(=O)(=O)c1cccc(C)c1)C[C@H](CCC(=O)O)O2. The van der Waals surface area contributed by atoms with Crippen molar-refractivity contribution < 1.29 is 27.8 Å². The van der Waals surface area contributed by atoms with E-state index in [4.69, 9.17) is 14.6 Å². The number of carboxylic acid groups (broad SMARTS) is 1. The van der Waals surface area contributed by atoms with Gasteiger partial charge in [0.25, 0.3) is 10.0 Å². The van der Waals surface area contributed by atoms with Crippen LogP contribution in [0.3, 0.4) is 0 Å². The third-order valence-electron chi connectivity index (χ3n) is 5.80. The van der Waals surface area contributed by atoms with Gasteiger partial charge in [0.1, 0.15) is 17.6 Å². The third-order valence-corrected chi connectivity index (χ3v) is 7.58. The fraction of sp³-hybridized carbons (Fsp3) is 0.231. The summed E-state index contributed by atoms with van der Waals surface area (Å²) < 4.78 is 40.2. The number of methoxy groups -OCH3 is 1. The molecule has 0 saturated heterocycles. The van der Waals surface area contributed by atoms with Crippen LogP contribution < -0.4 is 13.8 Å². The standard InChI is InChI=1S/C26H24N2O6S/c1-17-5-3-7-21(13-17)35(31,32)28-16-20(10-12-25(29)30)34-23-11-9-18(14-22(23)28)26-19(15-27)6-4-8-24(26)33-2/h3-9,11,13-14,20H,10,12,16H2,1-2H3,(H,29,30)/t20-/m0/s1. The van der Waals surface area contributed by atoms with Gasteiger partial charge in [-0.25, -0.2) is 8.42 Å². The molecule has 35 heavy (non-hydrogen) atoms. The Labute approximate surface area is 204 Å². The number of hydrogen-bond acceptors (Lipinski definition) is 6. The normalized spacial score (nSPS) is 15.0. The minimum Gasteiger partial charge on any atom is -0.496 e. The summed E-state index contributed by atoms with van der Waals surface area (Å²) in [5.41, 5.74) is 2.62. The lowest BCUT2D eigenvalue weighted by molar-refractivity contribution is -0.137. The van der Waals surface area contributed by atoms with Gasteiger partial charge < -0.3 is 14.6 Å². The maximum Gasteiger partial charge on any atom is 0.303 e. The number of aryl methyl sites for hydroxylation is 1. The topological polar surface area (TPSA) is 117 Å². The maximum atomic E-state index is 13.8. The van der Waals surface area contributed by atoms with E-state index < -0.39 is 22.1 Å². The van der Waals surface area contributed by atoms with Gasteiger partial charge in [-0.05, 0) is 60.9 Å². The van der Waals surface area contributed by atoms with Crippen molar-refractivity contribution >= 4 is 21.7 Å². The number of hydrogen-bond donors (Lipinski definition) is 1. The molecular formula is C26H24N2O6S. The van der Waals surface area contributed by atoms with E-state index in [0.29, 0.717) is 33.9 Å². The monoisotopic (exact) mass is 492 g/mol. The zero-order valence-electron chi connectivity index (χ0n) is 19.3. The van der Waals surface area contributed by atoms with E-state index in [1.165, 1.54) is 17.5 Å². The summed E-state index contributed by atoms with van der Waals surface area (Å²) in [5, 5.41) is 18.8. The van der Waals surface area contributed by atoms with Crippen LogP contribution in [0.15, 0.2) is 65.6 Å². The van der Waals surface area contributed by atoms with Crippen molar-refractivity contribution in [3.63, 3.8) is 0 Å². The first kappa shape index (κ1) is 24.1. The highest BCUT2D eigenvalue weighted by atomic mass is 32.2. The lowest BCUT2D eigenvalue weighted by Crippen LogP contribution is -2.43. The van der Waals surface area contributed by atoms with Crippen molar-refractivity contribution in [2.24, 2.45) is 0 Å². The number of fused-ring (bicyclic) bond motifs is 1. The summed E-state index contributed by atoms with van der Waals surface area (Å²) >= 11 is 0. The Morgan fingerprint density at radius 1 is 1.20 bits per heavy atom. The fourth-order valence-corrected chi connectivity index (χ4v) is 5.73. The molecule has 0 saturated carbocycles. The Bertz CT molecular complexity index is 1430. The van der Waals surface area contributed by atoms with Gasteiger partial charge in [0.05, 0.1) is 35.9 Å². The average molecular weight is 493 g/mol. The van der Waals surface area contributed by atoms with E-state index in [9.17, 15) is 18.5 Å². The van der Waals surface area contributed by atoms with Gasteiger partial charge in [-0.1, -0.05) is 24.3 Å². The summed E-state index contributed by atoms with van der Waals surface area (Å²) in [6.07, 6.45) is -0.630. The van der Waals surface area contributed by atoms with Crippen molar-refractivity contribution in [3.8, 4) is 28.7 Å². The van der Waals surface area contributed by atoms with E-state index in [1.54, 1.807) is 48.5 Å². The highest BCUT2D eigenvalue weighted by molar-refractivity contribution is 7.92. The third kappa shape index (κ3) is 4.79. The van der Waals surface area contributed by atoms with Crippen LogP contribution in [0.25, 0.3) is 11.1 Å². The molecular weight excluding hydrogens is 468 g/mol. The predicted octanol–water partition coefficient (Wildman–Crippen LogP) is 4.36. The Morgan fingerprint density at radius 3 is 2.66 bits per heavy atom. The van der Waals surface area contributed by atoms with E-state index in [0.717, 1.165) is 5.56 Å². The second kappa shape index (κ2) is 9.68. The molecule has 0 fully saturated rings. The second-order valence-electron chi connectivity index (χ2n) is 8.20. The van der Waals surface area contributed by atoms with Crippen molar-refractivity contribution in [2.75, 3.05) is 18.0 Å². The molecule has 0 spiro atoms. The fourth-order valence-electron chi connectivity index (χ4n) is 4.13. The van der Waals surface area contributed by atoms with Crippen LogP contribution in [-0.4, -0.2) is 39.3 Å². The second-order valence-corrected chi connectivity index (χ2v) is 10.1. The van der Waals surface area contributed by atoms with E-state index in [-0.39, 0.29) is 24.3 Å². The molecule has 3 aromatic carbocycles. The number of anilines is 1. The molecule has 1 aliphatic heterocycles. The van der Waals surface area contributed by atoms with Crippen LogP contribution in [0.4, 0.5) is 5.69 Å². The summed E-state index contributed by atoms with van der Waals surface area (Å²) in [6, 6.07) is 18.9. The van der Waals surface area contributed by atoms with Gasteiger partial charge in [-0.15, -0.1) is 0 Å². The Hall–Kier alpha value is -4.03. The lowest BCUT2D eigenvalue weighted by Gasteiger charge is -2.36. The minimum atomic E-state index is -3.99. The number of sulfonamides is 1. The molecule has 0 bridgehead atoms. The molecule has 0 radical (unpaired) electrons. The number of ether oxygens (including phenoxy) is 2. The number of aliphatic carboxylic acids is 1. The van der Waals surface area contributed by atoms with E-state index >= 15 is 0 Å². The number of nitrogens with zero attached hydrogens (tertiary/aromatic N) is 2. The Morgan fingerprint density at radius 2 is 1.97 bits per heavy atom. The van der Waals surface area contributed by atoms with Gasteiger partial charge in [-0.2, -0.15) is 5.26 Å². The zero-order chi connectivity index (χ0) is 25.2. The first-order chi connectivity index (χ1) is 16.7. The summed E-state index contributed by atoms with van der Waals surface area (Å²) in [7, 11) is -2.49. The molecule has 1 atom stereocenters. The highest BCUT2D eigenvalue weighted by Gasteiger charge is 2.35. The first-order valence-electron chi connectivity index (χ1n) is 10.9. The van der Waals surface area contributed by atoms with E-state index in [1.807, 2.05) is 13.0 Å². The Balaban J connectivity index is 1.87. The first-order valence-corrected chi connectivity index (χ1v) is 12.4. The number of benzene rings is 3. The molecule has 4 rings (SSSR count). The van der Waals surface area contributed by atoms with Gasteiger partial charge in [0.15, 0.2) is 0 Å². The van der Waals surface area contributed by atoms with Gasteiger partial charge in [0, 0.05) is 12.0 Å². The van der Waals surface area contributed by atoms with Gasteiger partial charge in [0.2, 0.25) is 0 Å². The summed E-state index contributed by atoms with van der Waals surface area (Å²) in [4.78, 5) is 11.2. The number of rotatable bonds is 7. The largest absolute Gasteiger partial charge is 0.496 e. The molecule has 1 heterocycles. The molecule has 0 aliphatic carbocycles. The van der Waals surface area contributed by atoms with Crippen molar-refractivity contribution in [1.82, 2.24) is 0 Å². The van der Waals surface area contributed by atoms with Crippen LogP contribution in [0.1, 0.15) is 24.0 Å². The predicted molar refractivity (Wildman–Crippen MR) is 130 cm³/mol. The van der Waals surface area contributed by atoms with Crippen molar-refractivity contribution in [3.05, 3.63) is 71.8 Å². The Kier molecular flexibility index (Phi) is 6.67. The molecule has 1 N–H and O–H groups in total. The maximum absolute atomic E-state index is 13.8. The quantitative estimate of drug-likeness (QED) is 0.521. The molecule has 3 aromatic rings. The molecule has 8 nitrogen and oxygen atoms in total. The van der Waals surface area contributed by atoms with Gasteiger partial charge >= 0.3 is 5.97 Å². The van der Waals surface area contributed by atoms with Crippen molar-refractivity contribution in [2.45, 2.75) is 30.8 Å². The van der Waals surface area contributed by atoms with Crippen LogP contribution in [-0.2, 0) is 14.8 Å². The van der Waals surface area contributed by atoms with Crippen LogP contribution in [0.2, 0.25) is 0 Å². The minimum absolute atomic E-state index is 0.0446. The van der Waals surface area contributed by atoms with Crippen LogP contribution in [0, 0.1) is 18.3 Å². The van der Waals surface area contributed by atoms with Crippen LogP contribution >= 0.6 is 0 Å². The lowest BCUT2D eigenvalue weighted by atomic mass is 9.98. The van der Waals surface area contributed by atoms with Gasteiger partial charge in [-0.3, -0.25) is 9.10 Å². The molecule has 0 unspecified atom stereocenters. The molecule has 9 heteroatoms. The number of carboxylic acids is 1. The average Bonchev–Trinajstić information content (AvgIpc) is 2.86.